The first kappa shape index (κ1) is 11.4. The lowest BCUT2D eigenvalue weighted by Crippen LogP contribution is -2.09. The first-order valence-electron chi connectivity index (χ1n) is 5.07. The molecule has 0 aromatic carbocycles. The zero-order valence-electron chi connectivity index (χ0n) is 8.85. The van der Waals surface area contributed by atoms with Crippen LogP contribution in [0.3, 0.4) is 0 Å². The van der Waals surface area contributed by atoms with E-state index in [9.17, 15) is 0 Å². The molecule has 0 aliphatic rings. The second-order valence-electron chi connectivity index (χ2n) is 3.35. The van der Waals surface area contributed by atoms with E-state index < -0.39 is 0 Å². The molecule has 0 bridgehead atoms. The predicted molar refractivity (Wildman–Crippen MR) is 68.0 cm³/mol. The van der Waals surface area contributed by atoms with Gasteiger partial charge in [-0.3, -0.25) is 0 Å². The molecular weight excluding hydrogens is 242 g/mol. The van der Waals surface area contributed by atoms with Gasteiger partial charge in [-0.05, 0) is 17.9 Å². The number of rotatable bonds is 4. The molecule has 84 valence electrons. The van der Waals surface area contributed by atoms with Crippen molar-refractivity contribution >= 4 is 28.8 Å². The molecule has 2 aromatic rings. The van der Waals surface area contributed by atoms with Crippen LogP contribution < -0.4 is 5.32 Å². The highest BCUT2D eigenvalue weighted by Crippen LogP contribution is 2.25. The van der Waals surface area contributed by atoms with E-state index in [0.717, 1.165) is 12.2 Å². The van der Waals surface area contributed by atoms with E-state index in [1.165, 1.54) is 11.2 Å². The summed E-state index contributed by atoms with van der Waals surface area (Å²) in [5.41, 5.74) is 0. The fraction of sp³-hybridized carbons (Fsp3) is 0.273. The number of nitrogens with zero attached hydrogens (tertiary/aromatic N) is 2. The molecule has 0 aliphatic heterocycles. The standard InChI is InChI=1S/C11H12ClN3S/c1-2-8(9-4-3-5-16-9)15-11-6-10(12)13-7-14-11/h3-8H,2H2,1H3,(H,13,14,15). The average molecular weight is 254 g/mol. The van der Waals surface area contributed by atoms with E-state index in [1.54, 1.807) is 17.4 Å². The highest BCUT2D eigenvalue weighted by atomic mass is 35.5. The second-order valence-corrected chi connectivity index (χ2v) is 4.71. The summed E-state index contributed by atoms with van der Waals surface area (Å²) in [7, 11) is 0. The first-order chi connectivity index (χ1) is 7.79. The molecule has 1 atom stereocenters. The number of halogens is 1. The highest BCUT2D eigenvalue weighted by Gasteiger charge is 2.10. The third-order valence-electron chi connectivity index (χ3n) is 2.25. The van der Waals surface area contributed by atoms with Crippen molar-refractivity contribution in [2.75, 3.05) is 5.32 Å². The summed E-state index contributed by atoms with van der Waals surface area (Å²) in [5.74, 6) is 0.764. The van der Waals surface area contributed by atoms with E-state index in [2.05, 4.69) is 39.7 Å². The van der Waals surface area contributed by atoms with Crippen LogP contribution in [-0.2, 0) is 0 Å². The Balaban J connectivity index is 2.13. The Morgan fingerprint density at radius 1 is 1.50 bits per heavy atom. The van der Waals surface area contributed by atoms with Crippen molar-refractivity contribution < 1.29 is 0 Å². The Morgan fingerprint density at radius 2 is 2.38 bits per heavy atom. The van der Waals surface area contributed by atoms with Crippen molar-refractivity contribution in [3.63, 3.8) is 0 Å². The van der Waals surface area contributed by atoms with Gasteiger partial charge in [0.2, 0.25) is 0 Å². The molecule has 0 radical (unpaired) electrons. The van der Waals surface area contributed by atoms with Crippen LogP contribution in [0.2, 0.25) is 5.15 Å². The molecular formula is C11H12ClN3S. The Morgan fingerprint density at radius 3 is 3.00 bits per heavy atom. The third-order valence-corrected chi connectivity index (χ3v) is 3.44. The minimum Gasteiger partial charge on any atom is -0.362 e. The second kappa shape index (κ2) is 5.27. The zero-order valence-corrected chi connectivity index (χ0v) is 10.4. The molecule has 1 N–H and O–H groups in total. The number of hydrogen-bond donors (Lipinski definition) is 1. The number of anilines is 1. The molecule has 0 spiro atoms. The van der Waals surface area contributed by atoms with Gasteiger partial charge in [0.05, 0.1) is 6.04 Å². The Bertz CT molecular complexity index is 444. The van der Waals surface area contributed by atoms with Gasteiger partial charge in [0.15, 0.2) is 0 Å². The van der Waals surface area contributed by atoms with Crippen molar-refractivity contribution in [2.45, 2.75) is 19.4 Å². The molecule has 16 heavy (non-hydrogen) atoms. The van der Waals surface area contributed by atoms with Gasteiger partial charge < -0.3 is 5.32 Å². The number of nitrogens with one attached hydrogen (secondary N) is 1. The van der Waals surface area contributed by atoms with Gasteiger partial charge in [-0.25, -0.2) is 9.97 Å². The molecule has 1 unspecified atom stereocenters. The van der Waals surface area contributed by atoms with Gasteiger partial charge in [-0.15, -0.1) is 11.3 Å². The van der Waals surface area contributed by atoms with Gasteiger partial charge in [0.1, 0.15) is 17.3 Å². The third kappa shape index (κ3) is 2.71. The summed E-state index contributed by atoms with van der Waals surface area (Å²) in [4.78, 5) is 9.29. The maximum atomic E-state index is 5.81. The predicted octanol–water partition coefficient (Wildman–Crippen LogP) is 3.75. The molecule has 0 saturated heterocycles. The van der Waals surface area contributed by atoms with Gasteiger partial charge in [-0.1, -0.05) is 24.6 Å². The Labute approximate surface area is 104 Å². The summed E-state index contributed by atoms with van der Waals surface area (Å²) >= 11 is 7.55. The number of thiophene rings is 1. The molecule has 2 aromatic heterocycles. The van der Waals surface area contributed by atoms with Crippen molar-refractivity contribution in [1.82, 2.24) is 9.97 Å². The van der Waals surface area contributed by atoms with Crippen LogP contribution in [-0.4, -0.2) is 9.97 Å². The fourth-order valence-corrected chi connectivity index (χ4v) is 2.46. The topological polar surface area (TPSA) is 37.8 Å². The van der Waals surface area contributed by atoms with E-state index in [-0.39, 0.29) is 6.04 Å². The van der Waals surface area contributed by atoms with Crippen LogP contribution in [0.25, 0.3) is 0 Å². The average Bonchev–Trinajstić information content (AvgIpc) is 2.79. The molecule has 5 heteroatoms. The fourth-order valence-electron chi connectivity index (χ4n) is 1.45. The quantitative estimate of drug-likeness (QED) is 0.844. The van der Waals surface area contributed by atoms with Crippen molar-refractivity contribution in [2.24, 2.45) is 0 Å². The normalized spacial score (nSPS) is 12.4. The van der Waals surface area contributed by atoms with E-state index in [4.69, 9.17) is 11.6 Å². The molecule has 0 saturated carbocycles. The summed E-state index contributed by atoms with van der Waals surface area (Å²) in [6.07, 6.45) is 2.47. The van der Waals surface area contributed by atoms with E-state index in [1.807, 2.05) is 0 Å². The number of aromatic nitrogens is 2. The summed E-state index contributed by atoms with van der Waals surface area (Å²) in [6.45, 7) is 2.14. The Hall–Kier alpha value is -1.13. The minimum absolute atomic E-state index is 0.283. The van der Waals surface area contributed by atoms with Crippen LogP contribution in [0.5, 0.6) is 0 Å². The minimum atomic E-state index is 0.283. The van der Waals surface area contributed by atoms with Crippen LogP contribution in [0, 0.1) is 0 Å². The smallest absolute Gasteiger partial charge is 0.134 e. The molecule has 3 nitrogen and oxygen atoms in total. The van der Waals surface area contributed by atoms with Crippen molar-refractivity contribution in [1.29, 1.82) is 0 Å². The Kier molecular flexibility index (Phi) is 3.74. The van der Waals surface area contributed by atoms with Gasteiger partial charge in [0, 0.05) is 10.9 Å². The maximum Gasteiger partial charge on any atom is 0.134 e. The lowest BCUT2D eigenvalue weighted by molar-refractivity contribution is 0.758. The monoisotopic (exact) mass is 253 g/mol. The molecule has 2 heterocycles. The summed E-state index contributed by atoms with van der Waals surface area (Å²) in [5, 5.41) is 5.88. The SMILES string of the molecule is CCC(Nc1cc(Cl)ncn1)c1cccs1. The maximum absolute atomic E-state index is 5.81. The molecule has 0 fully saturated rings. The lowest BCUT2D eigenvalue weighted by atomic mass is 10.2. The van der Waals surface area contributed by atoms with Gasteiger partial charge in [0.25, 0.3) is 0 Å². The van der Waals surface area contributed by atoms with Crippen LogP contribution in [0.15, 0.2) is 29.9 Å². The molecule has 0 aliphatic carbocycles. The van der Waals surface area contributed by atoms with Gasteiger partial charge >= 0.3 is 0 Å². The van der Waals surface area contributed by atoms with Crippen LogP contribution in [0.4, 0.5) is 5.82 Å². The zero-order chi connectivity index (χ0) is 11.4. The first-order valence-corrected chi connectivity index (χ1v) is 6.33. The van der Waals surface area contributed by atoms with E-state index in [0.29, 0.717) is 5.15 Å². The van der Waals surface area contributed by atoms with E-state index >= 15 is 0 Å². The van der Waals surface area contributed by atoms with Crippen LogP contribution in [0.1, 0.15) is 24.3 Å². The lowest BCUT2D eigenvalue weighted by Gasteiger charge is -2.15. The van der Waals surface area contributed by atoms with Crippen LogP contribution >= 0.6 is 22.9 Å². The summed E-state index contributed by atoms with van der Waals surface area (Å²) in [6, 6.07) is 6.19. The summed E-state index contributed by atoms with van der Waals surface area (Å²) < 4.78 is 0. The molecule has 2 rings (SSSR count). The van der Waals surface area contributed by atoms with Crippen molar-refractivity contribution in [3.05, 3.63) is 39.9 Å². The number of hydrogen-bond acceptors (Lipinski definition) is 4. The van der Waals surface area contributed by atoms with Crippen molar-refractivity contribution in [3.8, 4) is 0 Å². The molecule has 0 amide bonds. The largest absolute Gasteiger partial charge is 0.362 e. The van der Waals surface area contributed by atoms with Gasteiger partial charge in [-0.2, -0.15) is 0 Å². The highest BCUT2D eigenvalue weighted by molar-refractivity contribution is 7.10.